The van der Waals surface area contributed by atoms with Crippen LogP contribution in [-0.2, 0) is 11.2 Å². The van der Waals surface area contributed by atoms with Gasteiger partial charge in [-0.15, -0.1) is 0 Å². The second kappa shape index (κ2) is 8.38. The Hall–Kier alpha value is -2.08. The number of hydrogen-bond donors (Lipinski definition) is 2. The number of carbonyl (C=O) groups excluding carboxylic acids is 2. The maximum absolute atomic E-state index is 11.7. The van der Waals surface area contributed by atoms with E-state index in [1.807, 2.05) is 30.3 Å². The van der Waals surface area contributed by atoms with E-state index in [9.17, 15) is 9.59 Å². The third-order valence-corrected chi connectivity index (χ3v) is 3.44. The molecular weight excluding hydrogens is 348 g/mol. The fourth-order valence-electron chi connectivity index (χ4n) is 1.89. The summed E-state index contributed by atoms with van der Waals surface area (Å²) in [5.41, 5.74) is 1.18. The average Bonchev–Trinajstić information content (AvgIpc) is 2.95. The van der Waals surface area contributed by atoms with Gasteiger partial charge in [0, 0.05) is 19.5 Å². The standard InChI is InChI=1S/C16H17BrN2O3/c17-14-7-6-13(22-14)16(21)19-11-9-15(20)18-10-8-12-4-2-1-3-5-12/h1-7H,8-11H2,(H,18,20)(H,19,21). The van der Waals surface area contributed by atoms with Crippen LogP contribution in [-0.4, -0.2) is 24.9 Å². The minimum absolute atomic E-state index is 0.0862. The molecule has 2 N–H and O–H groups in total. The summed E-state index contributed by atoms with van der Waals surface area (Å²) in [4.78, 5) is 23.3. The number of nitrogens with one attached hydrogen (secondary N) is 2. The van der Waals surface area contributed by atoms with Gasteiger partial charge in [-0.3, -0.25) is 9.59 Å². The molecule has 0 fully saturated rings. The minimum Gasteiger partial charge on any atom is -0.444 e. The Kier molecular flexibility index (Phi) is 6.21. The summed E-state index contributed by atoms with van der Waals surface area (Å²) < 4.78 is 5.62. The zero-order valence-electron chi connectivity index (χ0n) is 12.0. The fourth-order valence-corrected chi connectivity index (χ4v) is 2.20. The summed E-state index contributed by atoms with van der Waals surface area (Å²) in [6, 6.07) is 13.2. The molecule has 1 aromatic heterocycles. The van der Waals surface area contributed by atoms with Gasteiger partial charge in [0.05, 0.1) is 0 Å². The van der Waals surface area contributed by atoms with E-state index in [1.54, 1.807) is 12.1 Å². The SMILES string of the molecule is O=C(CCNC(=O)c1ccc(Br)o1)NCCc1ccccc1. The molecule has 5 nitrogen and oxygen atoms in total. The van der Waals surface area contributed by atoms with Crippen molar-refractivity contribution in [3.8, 4) is 0 Å². The largest absolute Gasteiger partial charge is 0.444 e. The van der Waals surface area contributed by atoms with E-state index in [4.69, 9.17) is 4.42 Å². The molecule has 2 rings (SSSR count). The van der Waals surface area contributed by atoms with E-state index in [0.717, 1.165) is 6.42 Å². The van der Waals surface area contributed by atoms with Crippen molar-refractivity contribution in [1.29, 1.82) is 0 Å². The summed E-state index contributed by atoms with van der Waals surface area (Å²) in [5, 5.41) is 5.46. The molecule has 0 saturated carbocycles. The van der Waals surface area contributed by atoms with E-state index in [-0.39, 0.29) is 30.5 Å². The summed E-state index contributed by atoms with van der Waals surface area (Å²) >= 11 is 3.13. The monoisotopic (exact) mass is 364 g/mol. The Labute approximate surface area is 137 Å². The van der Waals surface area contributed by atoms with Crippen LogP contribution < -0.4 is 10.6 Å². The first-order chi connectivity index (χ1) is 10.6. The average molecular weight is 365 g/mol. The maximum Gasteiger partial charge on any atom is 0.287 e. The quantitative estimate of drug-likeness (QED) is 0.792. The highest BCUT2D eigenvalue weighted by Gasteiger charge is 2.10. The van der Waals surface area contributed by atoms with Crippen LogP contribution >= 0.6 is 15.9 Å². The first-order valence-electron chi connectivity index (χ1n) is 6.99. The fraction of sp³-hybridized carbons (Fsp3) is 0.250. The van der Waals surface area contributed by atoms with Gasteiger partial charge in [0.1, 0.15) is 0 Å². The predicted molar refractivity (Wildman–Crippen MR) is 86.5 cm³/mol. The molecule has 0 spiro atoms. The molecule has 0 unspecified atom stereocenters. The first-order valence-corrected chi connectivity index (χ1v) is 7.78. The van der Waals surface area contributed by atoms with Crippen LogP contribution in [0.15, 0.2) is 51.6 Å². The van der Waals surface area contributed by atoms with Crippen LogP contribution in [0.25, 0.3) is 0 Å². The molecule has 1 heterocycles. The summed E-state index contributed by atoms with van der Waals surface area (Å²) in [7, 11) is 0. The van der Waals surface area contributed by atoms with Crippen LogP contribution in [0.1, 0.15) is 22.5 Å². The van der Waals surface area contributed by atoms with Crippen LogP contribution in [0.2, 0.25) is 0 Å². The number of carbonyl (C=O) groups is 2. The van der Waals surface area contributed by atoms with Crippen LogP contribution in [0.4, 0.5) is 0 Å². The van der Waals surface area contributed by atoms with Gasteiger partial charge in [0.15, 0.2) is 10.4 Å². The summed E-state index contributed by atoms with van der Waals surface area (Å²) in [6.45, 7) is 0.857. The van der Waals surface area contributed by atoms with Crippen LogP contribution in [0.3, 0.4) is 0 Å². The molecule has 6 heteroatoms. The minimum atomic E-state index is -0.331. The van der Waals surface area contributed by atoms with Gasteiger partial charge < -0.3 is 15.1 Å². The zero-order chi connectivity index (χ0) is 15.8. The van der Waals surface area contributed by atoms with E-state index >= 15 is 0 Å². The van der Waals surface area contributed by atoms with Gasteiger partial charge >= 0.3 is 0 Å². The molecule has 0 bridgehead atoms. The molecule has 0 saturated heterocycles. The van der Waals surface area contributed by atoms with E-state index in [0.29, 0.717) is 11.2 Å². The van der Waals surface area contributed by atoms with Crippen molar-refractivity contribution in [2.75, 3.05) is 13.1 Å². The molecular formula is C16H17BrN2O3. The summed E-state index contributed by atoms with van der Waals surface area (Å²) in [6.07, 6.45) is 1.03. The second-order valence-electron chi connectivity index (χ2n) is 4.70. The number of furan rings is 1. The zero-order valence-corrected chi connectivity index (χ0v) is 13.6. The molecule has 0 radical (unpaired) electrons. The number of rotatable bonds is 7. The molecule has 116 valence electrons. The molecule has 0 aliphatic rings. The number of amides is 2. The molecule has 2 aromatic rings. The Morgan fingerprint density at radius 2 is 1.77 bits per heavy atom. The van der Waals surface area contributed by atoms with Crippen molar-refractivity contribution < 1.29 is 14.0 Å². The van der Waals surface area contributed by atoms with Gasteiger partial charge in [0.2, 0.25) is 5.91 Å². The first kappa shape index (κ1) is 16.3. The molecule has 0 atom stereocenters. The van der Waals surface area contributed by atoms with E-state index in [1.165, 1.54) is 5.56 Å². The molecule has 1 aromatic carbocycles. The Morgan fingerprint density at radius 1 is 1.00 bits per heavy atom. The lowest BCUT2D eigenvalue weighted by Gasteiger charge is -2.06. The Morgan fingerprint density at radius 3 is 2.45 bits per heavy atom. The highest BCUT2D eigenvalue weighted by molar-refractivity contribution is 9.10. The van der Waals surface area contributed by atoms with Crippen molar-refractivity contribution in [2.24, 2.45) is 0 Å². The van der Waals surface area contributed by atoms with Gasteiger partial charge in [0.25, 0.3) is 5.91 Å². The van der Waals surface area contributed by atoms with E-state index < -0.39 is 0 Å². The molecule has 2 amide bonds. The third kappa shape index (κ3) is 5.37. The van der Waals surface area contributed by atoms with Gasteiger partial charge in [-0.2, -0.15) is 0 Å². The lowest BCUT2D eigenvalue weighted by Crippen LogP contribution is -2.31. The summed E-state index contributed by atoms with van der Waals surface area (Å²) in [5.74, 6) is -0.198. The van der Waals surface area contributed by atoms with Crippen molar-refractivity contribution in [2.45, 2.75) is 12.8 Å². The predicted octanol–water partition coefficient (Wildman–Crippen LogP) is 2.52. The maximum atomic E-state index is 11.7. The van der Waals surface area contributed by atoms with Crippen molar-refractivity contribution in [3.63, 3.8) is 0 Å². The van der Waals surface area contributed by atoms with Crippen molar-refractivity contribution in [1.82, 2.24) is 10.6 Å². The molecule has 22 heavy (non-hydrogen) atoms. The Balaban J connectivity index is 1.60. The molecule has 0 aliphatic carbocycles. The number of halogens is 1. The highest BCUT2D eigenvalue weighted by atomic mass is 79.9. The third-order valence-electron chi connectivity index (χ3n) is 3.01. The van der Waals surface area contributed by atoms with E-state index in [2.05, 4.69) is 26.6 Å². The lowest BCUT2D eigenvalue weighted by molar-refractivity contribution is -0.120. The highest BCUT2D eigenvalue weighted by Crippen LogP contribution is 2.13. The van der Waals surface area contributed by atoms with Gasteiger partial charge in [-0.05, 0) is 40.0 Å². The topological polar surface area (TPSA) is 71.3 Å². The second-order valence-corrected chi connectivity index (χ2v) is 5.48. The normalized spacial score (nSPS) is 10.2. The number of hydrogen-bond acceptors (Lipinski definition) is 3. The smallest absolute Gasteiger partial charge is 0.287 e. The van der Waals surface area contributed by atoms with Crippen LogP contribution in [0.5, 0.6) is 0 Å². The van der Waals surface area contributed by atoms with Gasteiger partial charge in [-0.1, -0.05) is 30.3 Å². The van der Waals surface area contributed by atoms with Crippen molar-refractivity contribution >= 4 is 27.7 Å². The van der Waals surface area contributed by atoms with Gasteiger partial charge in [-0.25, -0.2) is 0 Å². The van der Waals surface area contributed by atoms with Crippen molar-refractivity contribution in [3.05, 3.63) is 58.5 Å². The van der Waals surface area contributed by atoms with Crippen LogP contribution in [0, 0.1) is 0 Å². The number of benzene rings is 1. The molecule has 0 aliphatic heterocycles. The lowest BCUT2D eigenvalue weighted by atomic mass is 10.1. The Bertz CT molecular complexity index is 625.